The maximum atomic E-state index is 12.3. The van der Waals surface area contributed by atoms with E-state index in [1.165, 1.54) is 0 Å². The lowest BCUT2D eigenvalue weighted by atomic mass is 9.91. The number of aliphatic hydroxyl groups excluding tert-OH is 1. The Hall–Kier alpha value is -1.18. The Morgan fingerprint density at radius 1 is 0.958 bits per heavy atom. The SMILES string of the molecule is CC(C)(C)CC(=O)N[C@H](CCC(O)O)C(=O)NCCNC(C)(C)C. The molecular weight excluding hydrogens is 310 g/mol. The first kappa shape index (κ1) is 22.8. The zero-order chi connectivity index (χ0) is 19.0. The molecule has 0 aliphatic rings. The van der Waals surface area contributed by atoms with Crippen molar-refractivity contribution in [1.29, 1.82) is 0 Å². The average Bonchev–Trinajstić information content (AvgIpc) is 2.35. The summed E-state index contributed by atoms with van der Waals surface area (Å²) in [6, 6.07) is -0.767. The normalized spacial score (nSPS) is 13.7. The zero-order valence-corrected chi connectivity index (χ0v) is 15.9. The van der Waals surface area contributed by atoms with Crippen LogP contribution < -0.4 is 16.0 Å². The highest BCUT2D eigenvalue weighted by Gasteiger charge is 2.24. The maximum Gasteiger partial charge on any atom is 0.242 e. The van der Waals surface area contributed by atoms with Gasteiger partial charge in [0, 0.05) is 31.5 Å². The molecule has 0 fully saturated rings. The van der Waals surface area contributed by atoms with Crippen molar-refractivity contribution in [3.05, 3.63) is 0 Å². The molecule has 7 heteroatoms. The largest absolute Gasteiger partial charge is 0.368 e. The van der Waals surface area contributed by atoms with E-state index >= 15 is 0 Å². The summed E-state index contributed by atoms with van der Waals surface area (Å²) in [5.74, 6) is -0.531. The van der Waals surface area contributed by atoms with Gasteiger partial charge >= 0.3 is 0 Å². The molecule has 5 N–H and O–H groups in total. The first-order chi connectivity index (χ1) is 10.8. The second-order valence-corrected chi connectivity index (χ2v) is 8.38. The fraction of sp³-hybridized carbons (Fsp3) is 0.882. The summed E-state index contributed by atoms with van der Waals surface area (Å²) in [4.78, 5) is 24.3. The van der Waals surface area contributed by atoms with Gasteiger partial charge in [0.15, 0.2) is 6.29 Å². The Morgan fingerprint density at radius 3 is 2.00 bits per heavy atom. The van der Waals surface area contributed by atoms with Crippen molar-refractivity contribution in [2.24, 2.45) is 5.41 Å². The van der Waals surface area contributed by atoms with Crippen LogP contribution in [0.4, 0.5) is 0 Å². The lowest BCUT2D eigenvalue weighted by molar-refractivity contribution is -0.130. The van der Waals surface area contributed by atoms with Crippen LogP contribution >= 0.6 is 0 Å². The Morgan fingerprint density at radius 2 is 1.54 bits per heavy atom. The molecule has 0 spiro atoms. The molecule has 0 saturated carbocycles. The predicted octanol–water partition coefficient (Wildman–Crippen LogP) is 0.503. The first-order valence-electron chi connectivity index (χ1n) is 8.48. The molecule has 0 aromatic carbocycles. The summed E-state index contributed by atoms with van der Waals surface area (Å²) in [5.41, 5.74) is -0.218. The van der Waals surface area contributed by atoms with E-state index in [9.17, 15) is 9.59 Å². The van der Waals surface area contributed by atoms with Gasteiger partial charge in [0.05, 0.1) is 0 Å². The van der Waals surface area contributed by atoms with Crippen molar-refractivity contribution in [3.63, 3.8) is 0 Å². The van der Waals surface area contributed by atoms with Crippen molar-refractivity contribution < 1.29 is 19.8 Å². The molecule has 7 nitrogen and oxygen atoms in total. The molecule has 0 heterocycles. The topological polar surface area (TPSA) is 111 Å². The number of carbonyl (C=O) groups excluding carboxylic acids is 2. The van der Waals surface area contributed by atoms with Crippen molar-refractivity contribution in [1.82, 2.24) is 16.0 Å². The van der Waals surface area contributed by atoms with Crippen LogP contribution in [0.15, 0.2) is 0 Å². The van der Waals surface area contributed by atoms with Gasteiger partial charge < -0.3 is 26.2 Å². The first-order valence-corrected chi connectivity index (χ1v) is 8.48. The number of aliphatic hydroxyl groups is 2. The van der Waals surface area contributed by atoms with Crippen molar-refractivity contribution >= 4 is 11.8 Å². The van der Waals surface area contributed by atoms with Crippen molar-refractivity contribution in [2.45, 2.75) is 78.7 Å². The highest BCUT2D eigenvalue weighted by atomic mass is 16.5. The summed E-state index contributed by atoms with van der Waals surface area (Å²) >= 11 is 0. The Kier molecular flexibility index (Phi) is 9.47. The van der Waals surface area contributed by atoms with Gasteiger partial charge in [-0.3, -0.25) is 9.59 Å². The third-order valence-electron chi connectivity index (χ3n) is 3.14. The van der Waals surface area contributed by atoms with E-state index in [1.807, 2.05) is 41.5 Å². The van der Waals surface area contributed by atoms with Crippen molar-refractivity contribution in [3.8, 4) is 0 Å². The molecular formula is C17H35N3O4. The molecule has 142 valence electrons. The second kappa shape index (κ2) is 9.96. The summed E-state index contributed by atoms with van der Waals surface area (Å²) in [6.45, 7) is 13.0. The molecule has 2 amide bonds. The predicted molar refractivity (Wildman–Crippen MR) is 94.2 cm³/mol. The summed E-state index contributed by atoms with van der Waals surface area (Å²) < 4.78 is 0. The van der Waals surface area contributed by atoms with Crippen LogP contribution in [0.25, 0.3) is 0 Å². The summed E-state index contributed by atoms with van der Waals surface area (Å²) in [7, 11) is 0. The number of nitrogens with one attached hydrogen (secondary N) is 3. The van der Waals surface area contributed by atoms with Gasteiger partial charge in [-0.05, 0) is 32.6 Å². The molecule has 0 aromatic heterocycles. The minimum Gasteiger partial charge on any atom is -0.368 e. The Balaban J connectivity index is 4.52. The lowest BCUT2D eigenvalue weighted by Gasteiger charge is -2.23. The highest BCUT2D eigenvalue weighted by Crippen LogP contribution is 2.18. The monoisotopic (exact) mass is 345 g/mol. The minimum absolute atomic E-state index is 0.0220. The van der Waals surface area contributed by atoms with E-state index in [-0.39, 0.29) is 35.6 Å². The van der Waals surface area contributed by atoms with E-state index in [0.29, 0.717) is 19.5 Å². The molecule has 0 unspecified atom stereocenters. The van der Waals surface area contributed by atoms with Gasteiger partial charge in [-0.2, -0.15) is 0 Å². The van der Waals surface area contributed by atoms with Crippen LogP contribution in [0.3, 0.4) is 0 Å². The van der Waals surface area contributed by atoms with Crippen LogP contribution in [-0.2, 0) is 9.59 Å². The van der Waals surface area contributed by atoms with E-state index in [4.69, 9.17) is 10.2 Å². The second-order valence-electron chi connectivity index (χ2n) is 8.38. The average molecular weight is 345 g/mol. The Labute approximate surface area is 145 Å². The van der Waals surface area contributed by atoms with Crippen LogP contribution in [0.1, 0.15) is 60.8 Å². The standard InChI is InChI=1S/C17H35N3O4/c1-16(2,3)11-13(21)20-12(7-8-14(22)23)15(24)18-9-10-19-17(4,5)6/h12,14,19,22-23H,7-11H2,1-6H3,(H,18,24)(H,20,21)/t12-/m1/s1. The molecule has 0 aliphatic heterocycles. The molecule has 0 aromatic rings. The number of carbonyl (C=O) groups is 2. The van der Waals surface area contributed by atoms with Gasteiger partial charge in [0.2, 0.25) is 11.8 Å². The third kappa shape index (κ3) is 13.3. The van der Waals surface area contributed by atoms with Gasteiger partial charge in [0.25, 0.3) is 0 Å². The number of hydrogen-bond donors (Lipinski definition) is 5. The van der Waals surface area contributed by atoms with E-state index < -0.39 is 12.3 Å². The van der Waals surface area contributed by atoms with E-state index in [1.54, 1.807) is 0 Å². The Bertz CT molecular complexity index is 398. The number of rotatable bonds is 9. The fourth-order valence-corrected chi connectivity index (χ4v) is 2.06. The summed E-state index contributed by atoms with van der Waals surface area (Å²) in [6.07, 6.45) is -1.01. The quantitative estimate of drug-likeness (QED) is 0.309. The molecule has 1 atom stereocenters. The fourth-order valence-electron chi connectivity index (χ4n) is 2.06. The van der Waals surface area contributed by atoms with Crippen LogP contribution in [0.5, 0.6) is 0 Å². The van der Waals surface area contributed by atoms with Crippen LogP contribution in [-0.4, -0.2) is 53.0 Å². The zero-order valence-electron chi connectivity index (χ0n) is 15.9. The molecule has 0 saturated heterocycles. The molecule has 0 rings (SSSR count). The van der Waals surface area contributed by atoms with Crippen molar-refractivity contribution in [2.75, 3.05) is 13.1 Å². The van der Waals surface area contributed by atoms with Gasteiger partial charge in [-0.15, -0.1) is 0 Å². The highest BCUT2D eigenvalue weighted by molar-refractivity contribution is 5.87. The molecule has 0 aliphatic carbocycles. The smallest absolute Gasteiger partial charge is 0.242 e. The number of hydrogen-bond acceptors (Lipinski definition) is 5. The van der Waals surface area contributed by atoms with Crippen LogP contribution in [0.2, 0.25) is 0 Å². The van der Waals surface area contributed by atoms with E-state index in [0.717, 1.165) is 0 Å². The molecule has 24 heavy (non-hydrogen) atoms. The molecule has 0 bridgehead atoms. The van der Waals surface area contributed by atoms with Gasteiger partial charge in [-0.1, -0.05) is 20.8 Å². The lowest BCUT2D eigenvalue weighted by Crippen LogP contribution is -2.49. The third-order valence-corrected chi connectivity index (χ3v) is 3.14. The van der Waals surface area contributed by atoms with Gasteiger partial charge in [0.1, 0.15) is 6.04 Å². The molecule has 0 radical (unpaired) electrons. The maximum absolute atomic E-state index is 12.3. The van der Waals surface area contributed by atoms with E-state index in [2.05, 4.69) is 16.0 Å². The van der Waals surface area contributed by atoms with Crippen LogP contribution in [0, 0.1) is 5.41 Å². The van der Waals surface area contributed by atoms with Gasteiger partial charge in [-0.25, -0.2) is 0 Å². The minimum atomic E-state index is -1.50. The summed E-state index contributed by atoms with van der Waals surface area (Å²) in [5, 5.41) is 26.7. The number of amides is 2.